The molecule has 0 amide bonds. The zero-order valence-electron chi connectivity index (χ0n) is 16.6. The molecule has 4 aromatic carbocycles. The lowest BCUT2D eigenvalue weighted by molar-refractivity contribution is 0.0723. The molecular weight excluding hydrogens is 447 g/mol. The van der Waals surface area contributed by atoms with Gasteiger partial charge in [-0.1, -0.05) is 59.6 Å². The van der Waals surface area contributed by atoms with E-state index in [4.69, 9.17) is 32.7 Å². The van der Waals surface area contributed by atoms with Crippen LogP contribution in [0, 0.1) is 0 Å². The Kier molecular flexibility index (Phi) is 6.55. The first-order valence-electron chi connectivity index (χ1n) is 9.65. The van der Waals surface area contributed by atoms with Crippen LogP contribution in [0.5, 0.6) is 11.5 Å². The Morgan fingerprint density at radius 3 is 1.22 bits per heavy atom. The van der Waals surface area contributed by atoms with Crippen LogP contribution in [-0.2, 0) is 0 Å². The van der Waals surface area contributed by atoms with Crippen LogP contribution >= 0.6 is 23.2 Å². The summed E-state index contributed by atoms with van der Waals surface area (Å²) in [6, 6.07) is 26.8. The molecule has 0 saturated carbocycles. The molecule has 4 aromatic rings. The highest BCUT2D eigenvalue weighted by Crippen LogP contribution is 2.29. The second-order valence-electron chi connectivity index (χ2n) is 6.78. The molecule has 6 heteroatoms. The van der Waals surface area contributed by atoms with E-state index in [1.807, 2.05) is 0 Å². The first-order chi connectivity index (χ1) is 15.5. The smallest absolute Gasteiger partial charge is 0.344 e. The van der Waals surface area contributed by atoms with Gasteiger partial charge >= 0.3 is 11.9 Å². The predicted octanol–water partition coefficient (Wildman–Crippen LogP) is 7.10. The number of ether oxygens (including phenoxy) is 2. The third-order valence-corrected chi connectivity index (χ3v) is 5.14. The highest BCUT2D eigenvalue weighted by Gasteiger charge is 2.20. The van der Waals surface area contributed by atoms with Gasteiger partial charge in [0.1, 0.15) is 11.5 Å². The summed E-state index contributed by atoms with van der Waals surface area (Å²) in [6.07, 6.45) is 0. The summed E-state index contributed by atoms with van der Waals surface area (Å²) in [5.74, 6) is -0.373. The van der Waals surface area contributed by atoms with Crippen LogP contribution < -0.4 is 9.47 Å². The lowest BCUT2D eigenvalue weighted by Gasteiger charge is -2.13. The van der Waals surface area contributed by atoms with Crippen molar-refractivity contribution in [2.75, 3.05) is 0 Å². The van der Waals surface area contributed by atoms with Crippen molar-refractivity contribution in [2.45, 2.75) is 0 Å². The summed E-state index contributed by atoms with van der Waals surface area (Å²) in [6.45, 7) is 0. The van der Waals surface area contributed by atoms with Gasteiger partial charge in [0.2, 0.25) is 0 Å². The molecule has 0 aliphatic carbocycles. The molecule has 0 radical (unpaired) electrons. The monoisotopic (exact) mass is 462 g/mol. The fourth-order valence-corrected chi connectivity index (χ4v) is 3.37. The predicted molar refractivity (Wildman–Crippen MR) is 125 cm³/mol. The number of carbonyl (C=O) groups excluding carboxylic acids is 2. The highest BCUT2D eigenvalue weighted by atomic mass is 35.5. The summed E-state index contributed by atoms with van der Waals surface area (Å²) in [7, 11) is 0. The summed E-state index contributed by atoms with van der Waals surface area (Å²) in [4.78, 5) is 25.8. The van der Waals surface area contributed by atoms with Crippen LogP contribution in [0.4, 0.5) is 0 Å². The molecule has 0 N–H and O–H groups in total. The minimum absolute atomic E-state index is 0.314. The van der Waals surface area contributed by atoms with E-state index in [1.165, 1.54) is 0 Å². The Labute approximate surface area is 194 Å². The quantitative estimate of drug-likeness (QED) is 0.234. The SMILES string of the molecule is O=C(Oc1ccc(Cl)cc1)c1ccccc1-c1ccccc1C(=O)Oc1ccc(Cl)cc1. The number of halogens is 2. The zero-order valence-corrected chi connectivity index (χ0v) is 18.1. The van der Waals surface area contributed by atoms with Gasteiger partial charge in [-0.25, -0.2) is 9.59 Å². The number of benzene rings is 4. The van der Waals surface area contributed by atoms with Crippen LogP contribution in [0.25, 0.3) is 11.1 Å². The Balaban J connectivity index is 1.66. The van der Waals surface area contributed by atoms with E-state index in [2.05, 4.69) is 0 Å². The van der Waals surface area contributed by atoms with Gasteiger partial charge < -0.3 is 9.47 Å². The molecule has 0 fully saturated rings. The van der Waals surface area contributed by atoms with Crippen molar-refractivity contribution in [3.63, 3.8) is 0 Å². The van der Waals surface area contributed by atoms with Crippen LogP contribution in [-0.4, -0.2) is 11.9 Å². The molecular formula is C26H16Cl2O4. The molecule has 0 aromatic heterocycles. The Morgan fingerprint density at radius 1 is 0.500 bits per heavy atom. The third kappa shape index (κ3) is 4.99. The molecule has 0 aliphatic rings. The number of esters is 2. The van der Waals surface area contributed by atoms with Crippen molar-refractivity contribution >= 4 is 35.1 Å². The fraction of sp³-hybridized carbons (Fsp3) is 0. The molecule has 158 valence electrons. The largest absolute Gasteiger partial charge is 0.423 e. The lowest BCUT2D eigenvalue weighted by atomic mass is 9.95. The average molecular weight is 463 g/mol. The molecule has 4 rings (SSSR count). The van der Waals surface area contributed by atoms with Gasteiger partial charge in [0.15, 0.2) is 0 Å². The third-order valence-electron chi connectivity index (χ3n) is 4.63. The molecule has 0 bridgehead atoms. The minimum atomic E-state index is -0.552. The normalized spacial score (nSPS) is 10.4. The van der Waals surface area contributed by atoms with Gasteiger partial charge in [-0.15, -0.1) is 0 Å². The maximum atomic E-state index is 12.9. The van der Waals surface area contributed by atoms with Gasteiger partial charge in [0, 0.05) is 10.0 Å². The molecule has 0 saturated heterocycles. The van der Waals surface area contributed by atoms with Crippen molar-refractivity contribution in [1.29, 1.82) is 0 Å². The van der Waals surface area contributed by atoms with E-state index in [1.54, 1.807) is 97.1 Å². The van der Waals surface area contributed by atoms with Crippen LogP contribution in [0.3, 0.4) is 0 Å². The van der Waals surface area contributed by atoms with Gasteiger partial charge in [0.25, 0.3) is 0 Å². The molecule has 32 heavy (non-hydrogen) atoms. The van der Waals surface area contributed by atoms with E-state index >= 15 is 0 Å². The van der Waals surface area contributed by atoms with Crippen LogP contribution in [0.2, 0.25) is 10.0 Å². The highest BCUT2D eigenvalue weighted by molar-refractivity contribution is 6.30. The summed E-state index contributed by atoms with van der Waals surface area (Å²) in [5.41, 5.74) is 1.73. The Morgan fingerprint density at radius 2 is 0.844 bits per heavy atom. The molecule has 0 atom stereocenters. The maximum absolute atomic E-state index is 12.9. The maximum Gasteiger partial charge on any atom is 0.344 e. The Hall–Kier alpha value is -3.60. The summed E-state index contributed by atoms with van der Waals surface area (Å²) >= 11 is 11.8. The summed E-state index contributed by atoms with van der Waals surface area (Å²) in [5, 5.41) is 1.08. The van der Waals surface area contributed by atoms with Crippen LogP contribution in [0.15, 0.2) is 97.1 Å². The van der Waals surface area contributed by atoms with Crippen molar-refractivity contribution < 1.29 is 19.1 Å². The van der Waals surface area contributed by atoms with Crippen molar-refractivity contribution in [2.24, 2.45) is 0 Å². The second-order valence-corrected chi connectivity index (χ2v) is 7.65. The fourth-order valence-electron chi connectivity index (χ4n) is 3.12. The van der Waals surface area contributed by atoms with E-state index in [-0.39, 0.29) is 0 Å². The van der Waals surface area contributed by atoms with E-state index < -0.39 is 11.9 Å². The van der Waals surface area contributed by atoms with Gasteiger partial charge in [-0.3, -0.25) is 0 Å². The number of hydrogen-bond donors (Lipinski definition) is 0. The standard InChI is InChI=1S/C26H16Cl2O4/c27-17-9-13-19(14-10-17)31-25(29)23-7-3-1-5-21(23)22-6-2-4-8-24(22)26(30)32-20-15-11-18(28)12-16-20/h1-16H. The van der Waals surface area contributed by atoms with Crippen molar-refractivity contribution in [3.05, 3.63) is 118 Å². The molecule has 4 nitrogen and oxygen atoms in total. The lowest BCUT2D eigenvalue weighted by Crippen LogP contribution is -2.13. The molecule has 0 aliphatic heterocycles. The average Bonchev–Trinajstić information content (AvgIpc) is 2.82. The van der Waals surface area contributed by atoms with E-state index in [9.17, 15) is 9.59 Å². The minimum Gasteiger partial charge on any atom is -0.423 e. The van der Waals surface area contributed by atoms with Crippen molar-refractivity contribution in [3.8, 4) is 22.6 Å². The first-order valence-corrected chi connectivity index (χ1v) is 10.4. The first kappa shape index (κ1) is 21.6. The molecule has 0 spiro atoms. The van der Waals surface area contributed by atoms with Gasteiger partial charge in [0.05, 0.1) is 11.1 Å². The molecule has 0 unspecified atom stereocenters. The van der Waals surface area contributed by atoms with Gasteiger partial charge in [-0.2, -0.15) is 0 Å². The van der Waals surface area contributed by atoms with E-state index in [0.717, 1.165) is 0 Å². The molecule has 0 heterocycles. The number of carbonyl (C=O) groups is 2. The Bertz CT molecular complexity index is 1160. The van der Waals surface area contributed by atoms with Crippen LogP contribution in [0.1, 0.15) is 20.7 Å². The summed E-state index contributed by atoms with van der Waals surface area (Å²) < 4.78 is 11.0. The second kappa shape index (κ2) is 9.69. The zero-order chi connectivity index (χ0) is 22.5. The topological polar surface area (TPSA) is 52.6 Å². The van der Waals surface area contributed by atoms with Crippen molar-refractivity contribution in [1.82, 2.24) is 0 Å². The number of rotatable bonds is 5. The number of hydrogen-bond acceptors (Lipinski definition) is 4. The van der Waals surface area contributed by atoms with E-state index in [0.29, 0.717) is 43.8 Å². The van der Waals surface area contributed by atoms with Gasteiger partial charge in [-0.05, 0) is 71.8 Å².